The largest absolute Gasteiger partial charge is 0.342 e. The summed E-state index contributed by atoms with van der Waals surface area (Å²) in [5.74, 6) is 0.221. The van der Waals surface area contributed by atoms with Crippen molar-refractivity contribution in [1.82, 2.24) is 19.9 Å². The number of likely N-dealkylation sites (tertiary alicyclic amines) is 2. The van der Waals surface area contributed by atoms with Crippen molar-refractivity contribution in [2.45, 2.75) is 38.5 Å². The molecule has 5 rings (SSSR count). The van der Waals surface area contributed by atoms with E-state index in [1.54, 1.807) is 17.0 Å². The van der Waals surface area contributed by atoms with E-state index in [0.29, 0.717) is 43.5 Å². The van der Waals surface area contributed by atoms with Crippen LogP contribution < -0.4 is 5.32 Å². The molecule has 2 aromatic carbocycles. The zero-order chi connectivity index (χ0) is 25.1. The predicted octanol–water partition coefficient (Wildman–Crippen LogP) is 4.83. The average Bonchev–Trinajstić information content (AvgIpc) is 3.39. The lowest BCUT2D eigenvalue weighted by atomic mass is 9.93. The Morgan fingerprint density at radius 3 is 2.67 bits per heavy atom. The van der Waals surface area contributed by atoms with Crippen LogP contribution in [0, 0.1) is 18.7 Å². The molecule has 8 nitrogen and oxygen atoms in total. The third-order valence-corrected chi connectivity index (χ3v) is 6.93. The first-order valence-corrected chi connectivity index (χ1v) is 12.5. The highest BCUT2D eigenvalue weighted by Crippen LogP contribution is 2.30. The van der Waals surface area contributed by atoms with Gasteiger partial charge in [0.15, 0.2) is 0 Å². The van der Waals surface area contributed by atoms with Gasteiger partial charge in [0.05, 0.1) is 11.8 Å². The maximum absolute atomic E-state index is 13.6. The first-order chi connectivity index (χ1) is 17.5. The molecule has 36 heavy (non-hydrogen) atoms. The van der Waals surface area contributed by atoms with Gasteiger partial charge in [0, 0.05) is 37.4 Å². The number of aryl methyl sites for hydroxylation is 1. The van der Waals surface area contributed by atoms with Gasteiger partial charge in [0.1, 0.15) is 5.82 Å². The summed E-state index contributed by atoms with van der Waals surface area (Å²) in [5, 5.41) is 6.97. The molecule has 3 aromatic rings. The molecule has 0 aliphatic carbocycles. The molecule has 2 aliphatic heterocycles. The molecule has 188 valence electrons. The summed E-state index contributed by atoms with van der Waals surface area (Å²) >= 11 is 0. The fraction of sp³-hybridized carbons (Fsp3) is 0.407. The maximum Gasteiger partial charge on any atom is 0.321 e. The van der Waals surface area contributed by atoms with E-state index in [4.69, 9.17) is 4.52 Å². The van der Waals surface area contributed by atoms with Gasteiger partial charge in [-0.15, -0.1) is 0 Å². The average molecular weight is 492 g/mol. The van der Waals surface area contributed by atoms with Crippen molar-refractivity contribution < 1.29 is 18.5 Å². The summed E-state index contributed by atoms with van der Waals surface area (Å²) in [6.45, 7) is 4.19. The number of halogens is 1. The number of hydrogen-bond donors (Lipinski definition) is 1. The molecule has 1 N–H and O–H groups in total. The summed E-state index contributed by atoms with van der Waals surface area (Å²) in [6, 6.07) is 13.6. The van der Waals surface area contributed by atoms with Crippen molar-refractivity contribution in [2.75, 3.05) is 31.5 Å². The molecule has 3 amide bonds. The molecule has 2 aliphatic rings. The van der Waals surface area contributed by atoms with Gasteiger partial charge in [-0.2, -0.15) is 4.98 Å². The Labute approximate surface area is 209 Å². The number of carbonyl (C=O) groups is 2. The summed E-state index contributed by atoms with van der Waals surface area (Å²) in [4.78, 5) is 34.4. The number of benzene rings is 2. The van der Waals surface area contributed by atoms with Gasteiger partial charge < -0.3 is 19.6 Å². The highest BCUT2D eigenvalue weighted by molar-refractivity contribution is 5.90. The number of nitrogens with one attached hydrogen (secondary N) is 1. The zero-order valence-electron chi connectivity index (χ0n) is 20.3. The van der Waals surface area contributed by atoms with Crippen LogP contribution in [0.5, 0.6) is 0 Å². The highest BCUT2D eigenvalue weighted by Gasteiger charge is 2.35. The minimum absolute atomic E-state index is 0.0672. The van der Waals surface area contributed by atoms with Gasteiger partial charge in [-0.25, -0.2) is 9.18 Å². The number of nitrogens with zero attached hydrogens (tertiary/aromatic N) is 4. The van der Waals surface area contributed by atoms with Crippen LogP contribution in [-0.4, -0.2) is 58.1 Å². The molecular formula is C27H30FN5O3. The zero-order valence-corrected chi connectivity index (χ0v) is 20.3. The summed E-state index contributed by atoms with van der Waals surface area (Å²) in [6.07, 6.45) is 3.22. The Balaban J connectivity index is 1.21. The molecule has 0 saturated carbocycles. The molecule has 0 bridgehead atoms. The van der Waals surface area contributed by atoms with E-state index in [1.807, 2.05) is 36.1 Å². The highest BCUT2D eigenvalue weighted by atomic mass is 19.1. The Morgan fingerprint density at radius 1 is 1.03 bits per heavy atom. The number of carbonyl (C=O) groups excluding carboxylic acids is 2. The molecule has 2 saturated heterocycles. The topological polar surface area (TPSA) is 91.6 Å². The third-order valence-electron chi connectivity index (χ3n) is 6.93. The number of rotatable bonds is 4. The summed E-state index contributed by atoms with van der Waals surface area (Å²) in [7, 11) is 0. The standard InChI is InChI=1S/C27H30FN5O3/c1-18-6-2-11-23(14-18)29-27(35)33-13-5-9-21(17-33)26(34)32-12-4-8-20(16-32)25-30-24(31-36-25)19-7-3-10-22(28)15-19/h2-3,6-7,10-11,14-15,20-21H,4-5,8-9,12-13,16-17H2,1H3,(H,29,35). The van der Waals surface area contributed by atoms with Gasteiger partial charge in [0.2, 0.25) is 17.6 Å². The molecular weight excluding hydrogens is 461 g/mol. The van der Waals surface area contributed by atoms with Crippen molar-refractivity contribution in [3.8, 4) is 11.4 Å². The number of urea groups is 1. The minimum Gasteiger partial charge on any atom is -0.342 e. The summed E-state index contributed by atoms with van der Waals surface area (Å²) in [5.41, 5.74) is 2.38. The van der Waals surface area contributed by atoms with Crippen LogP contribution in [0.2, 0.25) is 0 Å². The second-order valence-electron chi connectivity index (χ2n) is 9.67. The fourth-order valence-corrected chi connectivity index (χ4v) is 5.07. The van der Waals surface area contributed by atoms with E-state index in [2.05, 4.69) is 15.5 Å². The third kappa shape index (κ3) is 5.40. The SMILES string of the molecule is Cc1cccc(NC(=O)N2CCCC(C(=O)N3CCCC(c4nc(-c5cccc(F)c5)no4)C3)C2)c1. The Bertz CT molecular complexity index is 1250. The van der Waals surface area contributed by atoms with Gasteiger partial charge in [-0.3, -0.25) is 4.79 Å². The number of piperidine rings is 2. The smallest absolute Gasteiger partial charge is 0.321 e. The molecule has 3 heterocycles. The van der Waals surface area contributed by atoms with Crippen LogP contribution in [0.1, 0.15) is 43.1 Å². The second-order valence-corrected chi connectivity index (χ2v) is 9.67. The van der Waals surface area contributed by atoms with E-state index >= 15 is 0 Å². The molecule has 2 atom stereocenters. The van der Waals surface area contributed by atoms with Crippen molar-refractivity contribution in [2.24, 2.45) is 5.92 Å². The van der Waals surface area contributed by atoms with Crippen LogP contribution in [0.3, 0.4) is 0 Å². The van der Waals surface area contributed by atoms with Crippen LogP contribution in [-0.2, 0) is 4.79 Å². The predicted molar refractivity (Wildman–Crippen MR) is 133 cm³/mol. The Hall–Kier alpha value is -3.75. The Kier molecular flexibility index (Phi) is 6.97. The molecule has 0 spiro atoms. The minimum atomic E-state index is -0.359. The quantitative estimate of drug-likeness (QED) is 0.564. The van der Waals surface area contributed by atoms with Crippen LogP contribution >= 0.6 is 0 Å². The number of aromatic nitrogens is 2. The second kappa shape index (κ2) is 10.5. The lowest BCUT2D eigenvalue weighted by molar-refractivity contribution is -0.138. The van der Waals surface area contributed by atoms with Crippen molar-refractivity contribution in [1.29, 1.82) is 0 Å². The Morgan fingerprint density at radius 2 is 1.83 bits per heavy atom. The fourth-order valence-electron chi connectivity index (χ4n) is 5.07. The maximum atomic E-state index is 13.6. The van der Waals surface area contributed by atoms with E-state index in [1.165, 1.54) is 12.1 Å². The van der Waals surface area contributed by atoms with Gasteiger partial charge >= 0.3 is 6.03 Å². The number of anilines is 1. The number of amides is 3. The molecule has 9 heteroatoms. The van der Waals surface area contributed by atoms with Crippen LogP contribution in [0.15, 0.2) is 53.1 Å². The first-order valence-electron chi connectivity index (χ1n) is 12.5. The van der Waals surface area contributed by atoms with Crippen molar-refractivity contribution >= 4 is 17.6 Å². The van der Waals surface area contributed by atoms with Crippen LogP contribution in [0.25, 0.3) is 11.4 Å². The van der Waals surface area contributed by atoms with E-state index < -0.39 is 0 Å². The van der Waals surface area contributed by atoms with Gasteiger partial charge in [-0.05, 0) is 62.4 Å². The monoisotopic (exact) mass is 491 g/mol. The molecule has 2 fully saturated rings. The molecule has 2 unspecified atom stereocenters. The van der Waals surface area contributed by atoms with Crippen LogP contribution in [0.4, 0.5) is 14.9 Å². The van der Waals surface area contributed by atoms with Gasteiger partial charge in [-0.1, -0.05) is 29.4 Å². The summed E-state index contributed by atoms with van der Waals surface area (Å²) < 4.78 is 19.1. The number of hydrogen-bond acceptors (Lipinski definition) is 5. The van der Waals surface area contributed by atoms with E-state index in [9.17, 15) is 14.0 Å². The van der Waals surface area contributed by atoms with E-state index in [-0.39, 0.29) is 29.6 Å². The van der Waals surface area contributed by atoms with Crippen molar-refractivity contribution in [3.63, 3.8) is 0 Å². The van der Waals surface area contributed by atoms with E-state index in [0.717, 1.165) is 36.9 Å². The van der Waals surface area contributed by atoms with Crippen molar-refractivity contribution in [3.05, 3.63) is 65.8 Å². The lowest BCUT2D eigenvalue weighted by Gasteiger charge is -2.37. The molecule has 0 radical (unpaired) electrons. The lowest BCUT2D eigenvalue weighted by Crippen LogP contribution is -2.49. The normalized spacial score (nSPS) is 20.3. The van der Waals surface area contributed by atoms with Gasteiger partial charge in [0.25, 0.3) is 0 Å². The molecule has 1 aromatic heterocycles. The first kappa shape index (κ1) is 24.0.